The van der Waals surface area contributed by atoms with Crippen LogP contribution < -0.4 is 21.3 Å². The molecule has 2 aromatic heterocycles. The number of hydrogen-bond acceptors (Lipinski definition) is 5. The fraction of sp³-hybridized carbons (Fsp3) is 0.0870. The molecular weight excluding hydrogens is 430 g/mol. The molecule has 0 atom stereocenters. The largest absolute Gasteiger partial charge is 0.456 e. The predicted octanol–water partition coefficient (Wildman–Crippen LogP) is 4.16. The molecule has 32 heavy (non-hydrogen) atoms. The normalized spacial score (nSPS) is 10.7. The van der Waals surface area contributed by atoms with Crippen LogP contribution >= 0.6 is 11.6 Å². The van der Waals surface area contributed by atoms with Crippen LogP contribution in [0.2, 0.25) is 5.02 Å². The number of nitrogen functional groups attached to an aromatic ring is 1. The summed E-state index contributed by atoms with van der Waals surface area (Å²) in [6.07, 6.45) is 1.53. The Kier molecular flexibility index (Phi) is 5.70. The molecule has 2 aromatic carbocycles. The van der Waals surface area contributed by atoms with Crippen molar-refractivity contribution < 1.29 is 9.53 Å². The van der Waals surface area contributed by atoms with Crippen molar-refractivity contribution in [2.75, 3.05) is 11.1 Å². The first-order valence-corrected chi connectivity index (χ1v) is 10.1. The van der Waals surface area contributed by atoms with Gasteiger partial charge in [0.05, 0.1) is 16.4 Å². The van der Waals surface area contributed by atoms with Gasteiger partial charge in [0.15, 0.2) is 0 Å². The van der Waals surface area contributed by atoms with Crippen LogP contribution in [0.3, 0.4) is 0 Å². The summed E-state index contributed by atoms with van der Waals surface area (Å²) in [7, 11) is 1.73. The monoisotopic (exact) mass is 449 g/mol. The molecule has 0 aliphatic carbocycles. The van der Waals surface area contributed by atoms with Gasteiger partial charge in [0.1, 0.15) is 22.9 Å². The summed E-state index contributed by atoms with van der Waals surface area (Å²) in [6.45, 7) is 1.72. The third kappa shape index (κ3) is 4.08. The van der Waals surface area contributed by atoms with E-state index in [9.17, 15) is 9.59 Å². The summed E-state index contributed by atoms with van der Waals surface area (Å²) >= 11 is 6.33. The first-order chi connectivity index (χ1) is 15.3. The van der Waals surface area contributed by atoms with E-state index >= 15 is 0 Å². The van der Waals surface area contributed by atoms with Gasteiger partial charge in [-0.3, -0.25) is 14.3 Å². The zero-order valence-electron chi connectivity index (χ0n) is 17.4. The van der Waals surface area contributed by atoms with Crippen LogP contribution in [0, 0.1) is 6.92 Å². The molecule has 162 valence electrons. The molecule has 3 N–H and O–H groups in total. The van der Waals surface area contributed by atoms with Crippen molar-refractivity contribution >= 4 is 29.0 Å². The molecule has 0 radical (unpaired) electrons. The Morgan fingerprint density at radius 1 is 1.12 bits per heavy atom. The molecule has 9 heteroatoms. The molecule has 2 heterocycles. The number of amides is 1. The maximum absolute atomic E-state index is 13.0. The Balaban J connectivity index is 1.58. The standard InChI is InChI=1S/C23H20ClN5O3/c1-14-21(23(31)29(28(14)2)16-6-4-3-5-7-16)22(30)27-15-8-9-19(18(24)12-15)32-17-10-11-26-20(25)13-17/h3-13H,1-2H3,(H2,25,26)(H,27,30). The highest BCUT2D eigenvalue weighted by Crippen LogP contribution is 2.32. The lowest BCUT2D eigenvalue weighted by atomic mass is 10.2. The van der Waals surface area contributed by atoms with E-state index in [0.29, 0.717) is 34.4 Å². The maximum atomic E-state index is 13.0. The van der Waals surface area contributed by atoms with Crippen molar-refractivity contribution in [3.05, 3.63) is 93.5 Å². The lowest BCUT2D eigenvalue weighted by Gasteiger charge is -2.10. The van der Waals surface area contributed by atoms with Crippen molar-refractivity contribution in [1.29, 1.82) is 0 Å². The number of carbonyl (C=O) groups excluding carboxylic acids is 1. The molecular formula is C23H20ClN5O3. The number of para-hydroxylation sites is 1. The second-order valence-corrected chi connectivity index (χ2v) is 7.46. The fourth-order valence-electron chi connectivity index (χ4n) is 3.30. The Hall–Kier alpha value is -4.04. The average Bonchev–Trinajstić information content (AvgIpc) is 2.99. The Morgan fingerprint density at radius 2 is 1.88 bits per heavy atom. The molecule has 0 aliphatic heterocycles. The van der Waals surface area contributed by atoms with Gasteiger partial charge in [0.25, 0.3) is 11.5 Å². The summed E-state index contributed by atoms with van der Waals surface area (Å²) in [5.74, 6) is 0.668. The summed E-state index contributed by atoms with van der Waals surface area (Å²) in [5.41, 5.74) is 6.94. The Morgan fingerprint density at radius 3 is 2.56 bits per heavy atom. The third-order valence-corrected chi connectivity index (χ3v) is 5.25. The number of nitrogens with zero attached hydrogens (tertiary/aromatic N) is 3. The third-order valence-electron chi connectivity index (χ3n) is 4.95. The summed E-state index contributed by atoms with van der Waals surface area (Å²) in [4.78, 5) is 29.9. The molecule has 1 amide bonds. The van der Waals surface area contributed by atoms with Gasteiger partial charge >= 0.3 is 0 Å². The second kappa shape index (κ2) is 8.60. The number of rotatable bonds is 5. The van der Waals surface area contributed by atoms with E-state index in [1.807, 2.05) is 18.2 Å². The SMILES string of the molecule is Cc1c(C(=O)Nc2ccc(Oc3ccnc(N)c3)c(Cl)c2)c(=O)n(-c2ccccc2)n1C. The molecule has 0 saturated heterocycles. The topological polar surface area (TPSA) is 104 Å². The minimum absolute atomic E-state index is 0.0556. The van der Waals surface area contributed by atoms with Crippen LogP contribution in [0.25, 0.3) is 5.69 Å². The van der Waals surface area contributed by atoms with E-state index in [2.05, 4.69) is 10.3 Å². The molecule has 4 rings (SSSR count). The maximum Gasteiger partial charge on any atom is 0.284 e. The number of carbonyl (C=O) groups is 1. The van der Waals surface area contributed by atoms with Crippen molar-refractivity contribution in [3.63, 3.8) is 0 Å². The van der Waals surface area contributed by atoms with Crippen LogP contribution in [0.5, 0.6) is 11.5 Å². The van der Waals surface area contributed by atoms with E-state index in [-0.39, 0.29) is 10.6 Å². The number of halogens is 1. The summed E-state index contributed by atoms with van der Waals surface area (Å²) in [6, 6.07) is 17.2. The van der Waals surface area contributed by atoms with Crippen molar-refractivity contribution in [3.8, 4) is 17.2 Å². The number of ether oxygens (including phenoxy) is 1. The van der Waals surface area contributed by atoms with E-state index in [1.165, 1.54) is 10.9 Å². The number of aromatic nitrogens is 3. The first-order valence-electron chi connectivity index (χ1n) is 9.69. The van der Waals surface area contributed by atoms with Crippen LogP contribution in [-0.2, 0) is 7.05 Å². The van der Waals surface area contributed by atoms with Crippen LogP contribution in [0.4, 0.5) is 11.5 Å². The molecule has 0 saturated carbocycles. The molecule has 0 spiro atoms. The van der Waals surface area contributed by atoms with E-state index in [0.717, 1.165) is 0 Å². The molecule has 0 fully saturated rings. The number of nitrogens with one attached hydrogen (secondary N) is 1. The van der Waals surface area contributed by atoms with Gasteiger partial charge in [-0.15, -0.1) is 0 Å². The van der Waals surface area contributed by atoms with Gasteiger partial charge in [0, 0.05) is 25.0 Å². The van der Waals surface area contributed by atoms with Crippen LogP contribution in [0.1, 0.15) is 16.1 Å². The zero-order valence-corrected chi connectivity index (χ0v) is 18.1. The first kappa shape index (κ1) is 21.2. The second-order valence-electron chi connectivity index (χ2n) is 7.05. The van der Waals surface area contributed by atoms with Gasteiger partial charge in [-0.25, -0.2) is 9.67 Å². The molecule has 4 aromatic rings. The van der Waals surface area contributed by atoms with Crippen molar-refractivity contribution in [2.45, 2.75) is 6.92 Å². The van der Waals surface area contributed by atoms with Crippen molar-refractivity contribution in [1.82, 2.24) is 14.3 Å². The average molecular weight is 450 g/mol. The fourth-order valence-corrected chi connectivity index (χ4v) is 3.52. The molecule has 8 nitrogen and oxygen atoms in total. The minimum Gasteiger partial charge on any atom is -0.456 e. The van der Waals surface area contributed by atoms with E-state index < -0.39 is 11.5 Å². The predicted molar refractivity (Wildman–Crippen MR) is 124 cm³/mol. The Labute approximate surface area is 188 Å². The van der Waals surface area contributed by atoms with Gasteiger partial charge < -0.3 is 15.8 Å². The summed E-state index contributed by atoms with van der Waals surface area (Å²) < 4.78 is 8.82. The van der Waals surface area contributed by atoms with E-state index in [4.69, 9.17) is 22.1 Å². The van der Waals surface area contributed by atoms with Crippen molar-refractivity contribution in [2.24, 2.45) is 7.05 Å². The minimum atomic E-state index is -0.524. The number of hydrogen-bond donors (Lipinski definition) is 2. The quantitative estimate of drug-likeness (QED) is 0.476. The van der Waals surface area contributed by atoms with Gasteiger partial charge in [-0.05, 0) is 43.3 Å². The lowest BCUT2D eigenvalue weighted by Crippen LogP contribution is -2.25. The van der Waals surface area contributed by atoms with Gasteiger partial charge in [-0.1, -0.05) is 29.8 Å². The van der Waals surface area contributed by atoms with Gasteiger partial charge in [0.2, 0.25) is 0 Å². The Bertz CT molecular complexity index is 1360. The molecule has 0 unspecified atom stereocenters. The van der Waals surface area contributed by atoms with Gasteiger partial charge in [-0.2, -0.15) is 0 Å². The number of anilines is 2. The van der Waals surface area contributed by atoms with E-state index in [1.54, 1.807) is 61.1 Å². The highest BCUT2D eigenvalue weighted by Gasteiger charge is 2.22. The van der Waals surface area contributed by atoms with Crippen LogP contribution in [0.15, 0.2) is 71.7 Å². The lowest BCUT2D eigenvalue weighted by molar-refractivity contribution is 0.102. The highest BCUT2D eigenvalue weighted by atomic mass is 35.5. The number of nitrogens with two attached hydrogens (primary N) is 1. The number of pyridine rings is 1. The highest BCUT2D eigenvalue weighted by molar-refractivity contribution is 6.32. The number of benzene rings is 2. The summed E-state index contributed by atoms with van der Waals surface area (Å²) in [5, 5.41) is 3.02. The smallest absolute Gasteiger partial charge is 0.284 e. The zero-order chi connectivity index (χ0) is 22.8. The molecule has 0 aliphatic rings. The van der Waals surface area contributed by atoms with Crippen LogP contribution in [-0.4, -0.2) is 20.3 Å². The molecule has 0 bridgehead atoms.